The van der Waals surface area contributed by atoms with Gasteiger partial charge in [0.2, 0.25) is 5.91 Å². The number of hydrogen-bond donors (Lipinski definition) is 1. The SMILES string of the molecule is CCN(CC)C(=O)C1=Cc2cc(CCc3cc(CC(=O)c4ccc(C)cc4)ccc3C)cnc2C1.Cc1ccc(C(=O)Cc2ccc(C)c(CCc3cnc4c(c3)C=C(C(=O)O)C4)c2)cc1. The number of carbonyl (C=O) groups is 4. The number of ketones is 2. The third-order valence-electron chi connectivity index (χ3n) is 12.8. The van der Waals surface area contributed by atoms with Gasteiger partial charge in [-0.3, -0.25) is 24.4 Å². The largest absolute Gasteiger partial charge is 0.478 e. The minimum absolute atomic E-state index is 0.113. The molecule has 2 aliphatic rings. The average molecular weight is 878 g/mol. The van der Waals surface area contributed by atoms with Crippen LogP contribution in [0.3, 0.4) is 0 Å². The Labute approximate surface area is 389 Å². The van der Waals surface area contributed by atoms with Gasteiger partial charge in [0.05, 0.1) is 11.4 Å². The van der Waals surface area contributed by atoms with E-state index in [1.807, 2.05) is 112 Å². The zero-order valence-electron chi connectivity index (χ0n) is 39.0. The van der Waals surface area contributed by atoms with E-state index in [0.29, 0.717) is 31.3 Å². The van der Waals surface area contributed by atoms with E-state index >= 15 is 0 Å². The van der Waals surface area contributed by atoms with E-state index in [2.05, 4.69) is 60.2 Å². The molecule has 0 fully saturated rings. The molecular weight excluding hydrogens is 819 g/mol. The zero-order valence-corrected chi connectivity index (χ0v) is 39.0. The van der Waals surface area contributed by atoms with Crippen LogP contribution in [0.5, 0.6) is 0 Å². The van der Waals surface area contributed by atoms with Crippen LogP contribution >= 0.6 is 0 Å². The van der Waals surface area contributed by atoms with E-state index in [0.717, 1.165) is 111 Å². The number of rotatable bonds is 16. The molecule has 2 heterocycles. The molecule has 0 spiro atoms. The van der Waals surface area contributed by atoms with E-state index in [1.54, 1.807) is 6.08 Å². The summed E-state index contributed by atoms with van der Waals surface area (Å²) in [5.41, 5.74) is 18.0. The van der Waals surface area contributed by atoms with Crippen molar-refractivity contribution in [3.05, 3.63) is 210 Å². The first kappa shape index (κ1) is 46.9. The van der Waals surface area contributed by atoms with Gasteiger partial charge in [0.1, 0.15) is 0 Å². The van der Waals surface area contributed by atoms with Gasteiger partial charge < -0.3 is 10.0 Å². The molecule has 2 aromatic heterocycles. The van der Waals surface area contributed by atoms with Gasteiger partial charge in [-0.25, -0.2) is 4.79 Å². The molecule has 336 valence electrons. The van der Waals surface area contributed by atoms with Crippen molar-refractivity contribution < 1.29 is 24.3 Å². The number of amides is 1. The quantitative estimate of drug-likeness (QED) is 0.0962. The molecule has 0 aliphatic heterocycles. The zero-order chi connectivity index (χ0) is 46.9. The number of benzene rings is 4. The summed E-state index contributed by atoms with van der Waals surface area (Å²) >= 11 is 0. The van der Waals surface area contributed by atoms with E-state index in [-0.39, 0.29) is 17.5 Å². The Balaban J connectivity index is 0.000000198. The van der Waals surface area contributed by atoms with Crippen molar-refractivity contribution in [1.82, 2.24) is 14.9 Å². The minimum Gasteiger partial charge on any atom is -0.478 e. The van der Waals surface area contributed by atoms with Crippen LogP contribution in [0.15, 0.2) is 121 Å². The van der Waals surface area contributed by atoms with Crippen LogP contribution in [0.4, 0.5) is 0 Å². The molecule has 0 unspecified atom stereocenters. The number of pyridine rings is 2. The van der Waals surface area contributed by atoms with Gasteiger partial charge in [0.15, 0.2) is 11.6 Å². The van der Waals surface area contributed by atoms with E-state index < -0.39 is 5.97 Å². The monoisotopic (exact) mass is 877 g/mol. The third kappa shape index (κ3) is 11.8. The highest BCUT2D eigenvalue weighted by molar-refractivity contribution is 6.00. The van der Waals surface area contributed by atoms with Crippen molar-refractivity contribution in [1.29, 1.82) is 0 Å². The molecule has 6 aromatic rings. The summed E-state index contributed by atoms with van der Waals surface area (Å²) in [6.07, 6.45) is 12.7. The Hall–Kier alpha value is -7.06. The topological polar surface area (TPSA) is 118 Å². The van der Waals surface area contributed by atoms with Gasteiger partial charge in [-0.05, 0) is 147 Å². The highest BCUT2D eigenvalue weighted by Gasteiger charge is 2.23. The normalized spacial score (nSPS) is 12.3. The number of aromatic nitrogens is 2. The van der Waals surface area contributed by atoms with Crippen LogP contribution in [-0.4, -0.2) is 56.5 Å². The standard InChI is InChI=1S/C31H34N2O2.C27H25NO3/c1-5-33(6-2)31(35)28-18-27-16-24(20-32-29(27)19-28)11-14-26-15-23(10-9-22(26)4)17-30(34)25-12-7-21(3)8-13-25;1-17-3-8-21(9-4-17)26(29)13-19-6-5-18(2)22(11-19)10-7-20-12-23-14-24(27(30)31)15-25(23)28-16-20/h7-10,12-13,15-16,18,20H,5-6,11,14,17,19H2,1-4H3;3-6,8-9,11-12,14,16H,7,10,13,15H2,1-2H3,(H,30,31). The van der Waals surface area contributed by atoms with Crippen molar-refractivity contribution in [3.63, 3.8) is 0 Å². The Kier molecular flexibility index (Phi) is 15.1. The molecule has 8 nitrogen and oxygen atoms in total. The molecular formula is C58H59N3O5. The lowest BCUT2D eigenvalue weighted by molar-refractivity contribution is -0.132. The van der Waals surface area contributed by atoms with Crippen LogP contribution in [0.2, 0.25) is 0 Å². The summed E-state index contributed by atoms with van der Waals surface area (Å²) < 4.78 is 0. The number of aliphatic carboxylic acids is 1. The molecule has 66 heavy (non-hydrogen) atoms. The van der Waals surface area contributed by atoms with Crippen molar-refractivity contribution >= 4 is 35.6 Å². The molecule has 0 bridgehead atoms. The summed E-state index contributed by atoms with van der Waals surface area (Å²) in [4.78, 5) is 60.3. The van der Waals surface area contributed by atoms with Gasteiger partial charge in [0, 0.05) is 73.4 Å². The van der Waals surface area contributed by atoms with Gasteiger partial charge in [-0.15, -0.1) is 0 Å². The molecule has 2 aliphatic carbocycles. The Bertz CT molecular complexity index is 2850. The number of carboxylic acids is 1. The number of hydrogen-bond acceptors (Lipinski definition) is 6. The first-order chi connectivity index (χ1) is 31.8. The second-order valence-electron chi connectivity index (χ2n) is 17.7. The molecule has 4 aromatic carbocycles. The molecule has 0 saturated carbocycles. The van der Waals surface area contributed by atoms with E-state index in [9.17, 15) is 24.3 Å². The van der Waals surface area contributed by atoms with Gasteiger partial charge in [-0.2, -0.15) is 0 Å². The first-order valence-corrected chi connectivity index (χ1v) is 23.0. The Morgan fingerprint density at radius 1 is 0.530 bits per heavy atom. The molecule has 8 rings (SSSR count). The summed E-state index contributed by atoms with van der Waals surface area (Å²) in [6.45, 7) is 13.7. The molecule has 0 radical (unpaired) electrons. The Morgan fingerprint density at radius 3 is 1.38 bits per heavy atom. The summed E-state index contributed by atoms with van der Waals surface area (Å²) in [5, 5.41) is 9.19. The maximum absolute atomic E-state index is 12.7. The van der Waals surface area contributed by atoms with Crippen LogP contribution < -0.4 is 0 Å². The maximum Gasteiger partial charge on any atom is 0.331 e. The number of carbonyl (C=O) groups excluding carboxylic acids is 3. The Morgan fingerprint density at radius 2 is 0.955 bits per heavy atom. The minimum atomic E-state index is -0.882. The van der Waals surface area contributed by atoms with Crippen LogP contribution in [-0.2, 0) is 61.0 Å². The van der Waals surface area contributed by atoms with Gasteiger partial charge in [-0.1, -0.05) is 96.1 Å². The highest BCUT2D eigenvalue weighted by atomic mass is 16.4. The fourth-order valence-corrected chi connectivity index (χ4v) is 8.58. The predicted octanol–water partition coefficient (Wildman–Crippen LogP) is 10.7. The fraction of sp³-hybridized carbons (Fsp3) is 0.276. The predicted molar refractivity (Wildman–Crippen MR) is 263 cm³/mol. The number of likely N-dealkylation sites (N-methyl/N-ethyl adjacent to an activating group) is 1. The van der Waals surface area contributed by atoms with E-state index in [4.69, 9.17) is 0 Å². The lowest BCUT2D eigenvalue weighted by Gasteiger charge is -2.18. The molecule has 0 saturated heterocycles. The maximum atomic E-state index is 12.7. The van der Waals surface area contributed by atoms with Gasteiger partial charge >= 0.3 is 5.97 Å². The smallest absolute Gasteiger partial charge is 0.331 e. The molecule has 1 N–H and O–H groups in total. The van der Waals surface area contributed by atoms with Crippen LogP contribution in [0.1, 0.15) is 113 Å². The van der Waals surface area contributed by atoms with Crippen molar-refractivity contribution in [3.8, 4) is 0 Å². The van der Waals surface area contributed by atoms with Crippen LogP contribution in [0, 0.1) is 27.7 Å². The van der Waals surface area contributed by atoms with Crippen molar-refractivity contribution in [2.75, 3.05) is 13.1 Å². The lowest BCUT2D eigenvalue weighted by atomic mass is 9.95. The lowest BCUT2D eigenvalue weighted by Crippen LogP contribution is -2.31. The number of fused-ring (bicyclic) bond motifs is 2. The van der Waals surface area contributed by atoms with E-state index in [1.165, 1.54) is 22.3 Å². The second-order valence-corrected chi connectivity index (χ2v) is 17.7. The van der Waals surface area contributed by atoms with Crippen LogP contribution in [0.25, 0.3) is 12.2 Å². The summed E-state index contributed by atoms with van der Waals surface area (Å²) in [5.74, 6) is -0.502. The average Bonchev–Trinajstić information content (AvgIpc) is 3.95. The first-order valence-electron chi connectivity index (χ1n) is 23.0. The number of aryl methyl sites for hydroxylation is 8. The number of nitrogens with zero attached hydrogens (tertiary/aromatic N) is 3. The number of Topliss-reactive ketones (excluding diaryl/α,β-unsaturated/α-hetero) is 2. The number of carboxylic acid groups (broad SMARTS) is 1. The van der Waals surface area contributed by atoms with Crippen molar-refractivity contribution in [2.45, 2.75) is 92.9 Å². The molecule has 0 atom stereocenters. The summed E-state index contributed by atoms with van der Waals surface area (Å²) in [6, 6.07) is 32.3. The van der Waals surface area contributed by atoms with Crippen molar-refractivity contribution in [2.24, 2.45) is 0 Å². The van der Waals surface area contributed by atoms with Gasteiger partial charge in [0.25, 0.3) is 0 Å². The molecule has 8 heteroatoms. The second kappa shape index (κ2) is 21.3. The fourth-order valence-electron chi connectivity index (χ4n) is 8.58. The third-order valence-corrected chi connectivity index (χ3v) is 12.8. The highest BCUT2D eigenvalue weighted by Crippen LogP contribution is 2.28. The molecule has 1 amide bonds. The summed E-state index contributed by atoms with van der Waals surface area (Å²) in [7, 11) is 0.